The molecule has 6 heteroatoms. The number of rotatable bonds is 3. The van der Waals surface area contributed by atoms with Gasteiger partial charge in [0.2, 0.25) is 5.91 Å². The lowest BCUT2D eigenvalue weighted by Gasteiger charge is -2.35. The Morgan fingerprint density at radius 1 is 1.30 bits per heavy atom. The van der Waals surface area contributed by atoms with Crippen molar-refractivity contribution in [1.82, 2.24) is 9.80 Å². The van der Waals surface area contributed by atoms with Crippen molar-refractivity contribution in [3.63, 3.8) is 0 Å². The van der Waals surface area contributed by atoms with E-state index < -0.39 is 0 Å². The molecule has 0 bridgehead atoms. The third-order valence-corrected chi connectivity index (χ3v) is 5.68. The number of likely N-dealkylation sites (tertiary alicyclic amines) is 2. The number of carbonyl (C=O) groups is 2. The van der Waals surface area contributed by atoms with E-state index in [0.29, 0.717) is 19.7 Å². The van der Waals surface area contributed by atoms with Crippen LogP contribution in [0.4, 0.5) is 4.79 Å². The Labute approximate surface area is 141 Å². The first kappa shape index (κ1) is 16.3. The van der Waals surface area contributed by atoms with E-state index in [9.17, 15) is 9.59 Å². The smallest absolute Gasteiger partial charge is 0.409 e. The highest BCUT2D eigenvalue weighted by atomic mass is 32.1. The summed E-state index contributed by atoms with van der Waals surface area (Å²) in [7, 11) is 0. The van der Waals surface area contributed by atoms with E-state index in [4.69, 9.17) is 4.74 Å². The first-order valence-electron chi connectivity index (χ1n) is 8.46. The molecule has 2 saturated heterocycles. The van der Waals surface area contributed by atoms with Gasteiger partial charge in [0.05, 0.1) is 18.6 Å². The van der Waals surface area contributed by atoms with Gasteiger partial charge in [0.1, 0.15) is 0 Å². The standard InChI is InChI=1S/C17H24N2O3S/c1-2-22-17(21)18-9-3-6-13(12-18)16(20)19-10-4-7-14(19)15-8-5-11-23-15/h5,8,11,13-14H,2-4,6-7,9-10,12H2,1H3. The van der Waals surface area contributed by atoms with E-state index in [-0.39, 0.29) is 24.0 Å². The SMILES string of the molecule is CCOC(=O)N1CCCC(C(=O)N2CCCC2c2cccs2)C1. The van der Waals surface area contributed by atoms with Crippen LogP contribution in [0.1, 0.15) is 43.5 Å². The summed E-state index contributed by atoms with van der Waals surface area (Å²) in [6, 6.07) is 4.39. The van der Waals surface area contributed by atoms with Crippen LogP contribution in [0.2, 0.25) is 0 Å². The van der Waals surface area contributed by atoms with Gasteiger partial charge in [-0.2, -0.15) is 0 Å². The monoisotopic (exact) mass is 336 g/mol. The Balaban J connectivity index is 1.66. The number of thiophene rings is 1. The lowest BCUT2D eigenvalue weighted by atomic mass is 9.96. The average Bonchev–Trinajstić information content (AvgIpc) is 3.25. The molecule has 2 fully saturated rings. The van der Waals surface area contributed by atoms with Crippen LogP contribution in [-0.2, 0) is 9.53 Å². The van der Waals surface area contributed by atoms with Gasteiger partial charge in [-0.25, -0.2) is 4.79 Å². The van der Waals surface area contributed by atoms with E-state index in [0.717, 1.165) is 32.2 Å². The van der Waals surface area contributed by atoms with Crippen LogP contribution < -0.4 is 0 Å². The lowest BCUT2D eigenvalue weighted by Crippen LogP contribution is -2.46. The molecule has 0 radical (unpaired) electrons. The summed E-state index contributed by atoms with van der Waals surface area (Å²) < 4.78 is 5.08. The predicted octanol–water partition coefficient (Wildman–Crippen LogP) is 3.28. The van der Waals surface area contributed by atoms with Gasteiger partial charge >= 0.3 is 6.09 Å². The molecular formula is C17H24N2O3S. The maximum atomic E-state index is 13.0. The minimum absolute atomic E-state index is 0.0891. The zero-order chi connectivity index (χ0) is 16.2. The van der Waals surface area contributed by atoms with E-state index in [2.05, 4.69) is 11.4 Å². The Hall–Kier alpha value is -1.56. The van der Waals surface area contributed by atoms with Gasteiger partial charge in [0.15, 0.2) is 0 Å². The van der Waals surface area contributed by atoms with E-state index in [1.165, 1.54) is 4.88 Å². The van der Waals surface area contributed by atoms with Crippen LogP contribution in [0.15, 0.2) is 17.5 Å². The minimum atomic E-state index is -0.291. The maximum absolute atomic E-state index is 13.0. The first-order chi connectivity index (χ1) is 11.2. The van der Waals surface area contributed by atoms with Crippen molar-refractivity contribution in [3.8, 4) is 0 Å². The number of hydrogen-bond acceptors (Lipinski definition) is 4. The van der Waals surface area contributed by atoms with E-state index in [1.54, 1.807) is 23.2 Å². The van der Waals surface area contributed by atoms with Crippen LogP contribution in [0.25, 0.3) is 0 Å². The molecular weight excluding hydrogens is 312 g/mol. The topological polar surface area (TPSA) is 49.9 Å². The summed E-state index contributed by atoms with van der Waals surface area (Å²) in [5, 5.41) is 2.07. The number of carbonyl (C=O) groups excluding carboxylic acids is 2. The van der Waals surface area contributed by atoms with Crippen molar-refractivity contribution in [2.24, 2.45) is 5.92 Å². The molecule has 2 aliphatic heterocycles. The number of nitrogens with zero attached hydrogens (tertiary/aromatic N) is 2. The molecule has 1 aromatic rings. The highest BCUT2D eigenvalue weighted by molar-refractivity contribution is 7.10. The van der Waals surface area contributed by atoms with Crippen molar-refractivity contribution >= 4 is 23.3 Å². The molecule has 2 aliphatic rings. The van der Waals surface area contributed by atoms with Gasteiger partial charge in [0, 0.05) is 24.5 Å². The summed E-state index contributed by atoms with van der Waals surface area (Å²) in [4.78, 5) is 29.9. The predicted molar refractivity (Wildman–Crippen MR) is 89.3 cm³/mol. The van der Waals surface area contributed by atoms with Gasteiger partial charge in [-0.05, 0) is 44.1 Å². The number of piperidine rings is 1. The molecule has 0 spiro atoms. The Kier molecular flexibility index (Phi) is 5.20. The van der Waals surface area contributed by atoms with Gasteiger partial charge in [-0.1, -0.05) is 6.07 Å². The molecule has 3 rings (SSSR count). The Bertz CT molecular complexity index is 546. The van der Waals surface area contributed by atoms with Crippen LogP contribution in [0.3, 0.4) is 0 Å². The molecule has 0 N–H and O–H groups in total. The molecule has 126 valence electrons. The molecule has 0 aliphatic carbocycles. The Morgan fingerprint density at radius 3 is 2.87 bits per heavy atom. The van der Waals surface area contributed by atoms with Crippen molar-refractivity contribution in [3.05, 3.63) is 22.4 Å². The van der Waals surface area contributed by atoms with Crippen LogP contribution in [0.5, 0.6) is 0 Å². The minimum Gasteiger partial charge on any atom is -0.450 e. The molecule has 0 saturated carbocycles. The summed E-state index contributed by atoms with van der Waals surface area (Å²) in [6.45, 7) is 4.19. The van der Waals surface area contributed by atoms with Crippen molar-refractivity contribution in [1.29, 1.82) is 0 Å². The summed E-state index contributed by atoms with van der Waals surface area (Å²) >= 11 is 1.72. The molecule has 2 atom stereocenters. The molecule has 2 amide bonds. The second kappa shape index (κ2) is 7.34. The largest absolute Gasteiger partial charge is 0.450 e. The Morgan fingerprint density at radius 2 is 2.13 bits per heavy atom. The quantitative estimate of drug-likeness (QED) is 0.851. The lowest BCUT2D eigenvalue weighted by molar-refractivity contribution is -0.138. The molecule has 0 aromatic carbocycles. The van der Waals surface area contributed by atoms with E-state index in [1.807, 2.05) is 11.0 Å². The van der Waals surface area contributed by atoms with Gasteiger partial charge in [-0.15, -0.1) is 11.3 Å². The molecule has 1 aromatic heterocycles. The number of ether oxygens (including phenoxy) is 1. The van der Waals surface area contributed by atoms with Gasteiger partial charge < -0.3 is 14.5 Å². The fourth-order valence-corrected chi connectivity index (χ4v) is 4.47. The summed E-state index contributed by atoms with van der Waals surface area (Å²) in [6.07, 6.45) is 3.54. The summed E-state index contributed by atoms with van der Waals surface area (Å²) in [5.41, 5.74) is 0. The fraction of sp³-hybridized carbons (Fsp3) is 0.647. The van der Waals surface area contributed by atoms with Crippen molar-refractivity contribution in [2.45, 2.75) is 38.6 Å². The molecule has 3 heterocycles. The highest BCUT2D eigenvalue weighted by Crippen LogP contribution is 2.36. The third kappa shape index (κ3) is 3.52. The third-order valence-electron chi connectivity index (χ3n) is 4.70. The molecule has 2 unspecified atom stereocenters. The second-order valence-corrected chi connectivity index (χ2v) is 7.17. The molecule has 23 heavy (non-hydrogen) atoms. The zero-order valence-corrected chi connectivity index (χ0v) is 14.4. The van der Waals surface area contributed by atoms with E-state index >= 15 is 0 Å². The number of hydrogen-bond donors (Lipinski definition) is 0. The van der Waals surface area contributed by atoms with Crippen LogP contribution in [-0.4, -0.2) is 48.0 Å². The second-order valence-electron chi connectivity index (χ2n) is 6.19. The van der Waals surface area contributed by atoms with Gasteiger partial charge in [0.25, 0.3) is 0 Å². The van der Waals surface area contributed by atoms with Crippen LogP contribution in [0, 0.1) is 5.92 Å². The normalized spacial score (nSPS) is 24.7. The van der Waals surface area contributed by atoms with Crippen molar-refractivity contribution in [2.75, 3.05) is 26.2 Å². The zero-order valence-electron chi connectivity index (χ0n) is 13.6. The highest BCUT2D eigenvalue weighted by Gasteiger charge is 2.37. The molecule has 5 nitrogen and oxygen atoms in total. The first-order valence-corrected chi connectivity index (χ1v) is 9.34. The maximum Gasteiger partial charge on any atom is 0.409 e. The average molecular weight is 336 g/mol. The van der Waals surface area contributed by atoms with Gasteiger partial charge in [-0.3, -0.25) is 4.79 Å². The number of amides is 2. The van der Waals surface area contributed by atoms with Crippen molar-refractivity contribution < 1.29 is 14.3 Å². The van der Waals surface area contributed by atoms with Crippen LogP contribution >= 0.6 is 11.3 Å². The summed E-state index contributed by atoms with van der Waals surface area (Å²) in [5.74, 6) is 0.114. The fourth-order valence-electron chi connectivity index (χ4n) is 3.60.